The molecule has 0 radical (unpaired) electrons. The Morgan fingerprint density at radius 2 is 1.51 bits per heavy atom. The predicted octanol–water partition coefficient (Wildman–Crippen LogP) is 1.47. The van der Waals surface area contributed by atoms with E-state index in [1.165, 1.54) is 6.92 Å². The first kappa shape index (κ1) is 29.6. The van der Waals surface area contributed by atoms with Crippen LogP contribution in [-0.4, -0.2) is 81.2 Å². The third-order valence-corrected chi connectivity index (χ3v) is 5.91. The van der Waals surface area contributed by atoms with Crippen LogP contribution in [0, 0.1) is 0 Å². The predicted molar refractivity (Wildman–Crippen MR) is 138 cm³/mol. The average molecular weight is 571 g/mol. The lowest BCUT2D eigenvalue weighted by Gasteiger charge is -2.43. The smallest absolute Gasteiger partial charge is 0.303 e. The van der Waals surface area contributed by atoms with Crippen molar-refractivity contribution < 1.29 is 47.6 Å². The molecule has 2 aromatic heterocycles. The number of carbonyl (C=O) groups excluding carboxylic acids is 4. The number of para-hydroxylation sites is 1. The number of hydrogen-bond donors (Lipinski definition) is 0. The molecule has 1 aliphatic rings. The number of ether oxygens (including phenoxy) is 6. The van der Waals surface area contributed by atoms with E-state index >= 15 is 0 Å². The molecule has 1 aromatic carbocycles. The summed E-state index contributed by atoms with van der Waals surface area (Å²) in [6.07, 6.45) is -4.69. The van der Waals surface area contributed by atoms with Crippen molar-refractivity contribution in [2.24, 2.45) is 0 Å². The molecule has 0 N–H and O–H groups in total. The summed E-state index contributed by atoms with van der Waals surface area (Å²) in [7, 11) is 0. The molecule has 0 bridgehead atoms. The second-order valence-electron chi connectivity index (χ2n) is 9.28. The SMILES string of the molecule is CC(=O)OC[C@H]1O[C@@H](OCc2cn(Cc3ccc4ccccc4n3)nn2)[C@H](OC(C)=O)[C@@H](OC(C)=O)[C@H]1OC(C)=O. The molecule has 0 amide bonds. The van der Waals surface area contributed by atoms with Crippen LogP contribution in [0.15, 0.2) is 42.6 Å². The Bertz CT molecular complexity index is 1410. The minimum Gasteiger partial charge on any atom is -0.463 e. The van der Waals surface area contributed by atoms with Gasteiger partial charge in [-0.05, 0) is 12.1 Å². The van der Waals surface area contributed by atoms with Gasteiger partial charge in [0.2, 0.25) is 0 Å². The summed E-state index contributed by atoms with van der Waals surface area (Å²) in [6, 6.07) is 11.6. The summed E-state index contributed by atoms with van der Waals surface area (Å²) < 4.78 is 34.6. The topological polar surface area (TPSA) is 167 Å². The highest BCUT2D eigenvalue weighted by molar-refractivity contribution is 5.78. The number of rotatable bonds is 10. The standard InChI is InChI=1S/C27H30N4O10/c1-15(32)36-14-23-24(38-16(2)33)25(39-17(3)34)26(40-18(4)35)27(41-23)37-13-21-12-31(30-29-21)11-20-10-9-19-7-5-6-8-22(19)28-20/h5-10,12,23-27H,11,13-14H2,1-4H3/t23-,24+,25+,26-,27-/m1/s1. The molecular weight excluding hydrogens is 540 g/mol. The Labute approximate surface area is 234 Å². The first-order chi connectivity index (χ1) is 19.6. The molecule has 1 saturated heterocycles. The summed E-state index contributed by atoms with van der Waals surface area (Å²) in [6.45, 7) is 4.50. The van der Waals surface area contributed by atoms with E-state index in [1.54, 1.807) is 10.9 Å². The van der Waals surface area contributed by atoms with Gasteiger partial charge in [0.25, 0.3) is 0 Å². The maximum atomic E-state index is 12.0. The van der Waals surface area contributed by atoms with Crippen molar-refractivity contribution in [1.29, 1.82) is 0 Å². The van der Waals surface area contributed by atoms with Gasteiger partial charge in [0.1, 0.15) is 18.4 Å². The number of benzene rings is 1. The molecule has 218 valence electrons. The molecule has 5 atom stereocenters. The number of hydrogen-bond acceptors (Lipinski definition) is 13. The van der Waals surface area contributed by atoms with Crippen LogP contribution in [-0.2, 0) is 60.8 Å². The molecule has 0 spiro atoms. The quantitative estimate of drug-likeness (QED) is 0.254. The molecule has 14 nitrogen and oxygen atoms in total. The van der Waals surface area contributed by atoms with Gasteiger partial charge in [0.15, 0.2) is 24.6 Å². The fraction of sp³-hybridized carbons (Fsp3) is 0.444. The van der Waals surface area contributed by atoms with Gasteiger partial charge in [0.05, 0.1) is 30.6 Å². The molecule has 1 aliphatic heterocycles. The molecule has 1 fully saturated rings. The van der Waals surface area contributed by atoms with E-state index in [0.29, 0.717) is 12.2 Å². The summed E-state index contributed by atoms with van der Waals surface area (Å²) in [5.74, 6) is -2.79. The lowest BCUT2D eigenvalue weighted by Crippen LogP contribution is -2.62. The fourth-order valence-electron chi connectivity index (χ4n) is 4.33. The fourth-order valence-corrected chi connectivity index (χ4v) is 4.33. The van der Waals surface area contributed by atoms with E-state index < -0.39 is 54.6 Å². The highest BCUT2D eigenvalue weighted by atomic mass is 16.7. The van der Waals surface area contributed by atoms with Gasteiger partial charge in [-0.15, -0.1) is 5.10 Å². The van der Waals surface area contributed by atoms with Crippen LogP contribution in [0.25, 0.3) is 10.9 Å². The van der Waals surface area contributed by atoms with Gasteiger partial charge in [-0.25, -0.2) is 4.68 Å². The average Bonchev–Trinajstić information content (AvgIpc) is 3.35. The molecule has 0 saturated carbocycles. The number of esters is 4. The zero-order valence-corrected chi connectivity index (χ0v) is 22.9. The van der Waals surface area contributed by atoms with E-state index in [1.807, 2.05) is 36.4 Å². The maximum absolute atomic E-state index is 12.0. The van der Waals surface area contributed by atoms with E-state index in [4.69, 9.17) is 28.4 Å². The van der Waals surface area contributed by atoms with Crippen LogP contribution in [0.1, 0.15) is 39.1 Å². The van der Waals surface area contributed by atoms with Crippen molar-refractivity contribution in [3.8, 4) is 0 Å². The first-order valence-corrected chi connectivity index (χ1v) is 12.7. The summed E-state index contributed by atoms with van der Waals surface area (Å²) in [5, 5.41) is 9.26. The van der Waals surface area contributed by atoms with Crippen LogP contribution in [0.4, 0.5) is 0 Å². The Morgan fingerprint density at radius 3 is 2.22 bits per heavy atom. The third-order valence-electron chi connectivity index (χ3n) is 5.91. The lowest BCUT2D eigenvalue weighted by atomic mass is 9.98. The van der Waals surface area contributed by atoms with Gasteiger partial charge >= 0.3 is 23.9 Å². The van der Waals surface area contributed by atoms with E-state index in [2.05, 4.69) is 15.3 Å². The summed E-state index contributed by atoms with van der Waals surface area (Å²) in [4.78, 5) is 51.9. The summed E-state index contributed by atoms with van der Waals surface area (Å²) in [5.41, 5.74) is 2.05. The lowest BCUT2D eigenvalue weighted by molar-refractivity contribution is -0.310. The van der Waals surface area contributed by atoms with Crippen molar-refractivity contribution >= 4 is 34.8 Å². The van der Waals surface area contributed by atoms with Crippen LogP contribution >= 0.6 is 0 Å². The Kier molecular flexibility index (Phi) is 9.57. The molecule has 14 heteroatoms. The monoisotopic (exact) mass is 570 g/mol. The van der Waals surface area contributed by atoms with Crippen molar-refractivity contribution in [2.45, 2.75) is 71.6 Å². The molecule has 41 heavy (non-hydrogen) atoms. The minimum absolute atomic E-state index is 0.140. The number of fused-ring (bicyclic) bond motifs is 1. The normalized spacial score (nSPS) is 22.1. The van der Waals surface area contributed by atoms with Crippen molar-refractivity contribution in [3.63, 3.8) is 0 Å². The van der Waals surface area contributed by atoms with Crippen LogP contribution in [0.2, 0.25) is 0 Å². The van der Waals surface area contributed by atoms with E-state index in [-0.39, 0.29) is 13.2 Å². The first-order valence-electron chi connectivity index (χ1n) is 12.7. The van der Waals surface area contributed by atoms with E-state index in [0.717, 1.165) is 37.4 Å². The highest BCUT2D eigenvalue weighted by Crippen LogP contribution is 2.30. The van der Waals surface area contributed by atoms with Crippen molar-refractivity contribution in [2.75, 3.05) is 6.61 Å². The number of pyridine rings is 1. The molecule has 0 unspecified atom stereocenters. The molecule has 3 aromatic rings. The molecule has 4 rings (SSSR count). The summed E-state index contributed by atoms with van der Waals surface area (Å²) >= 11 is 0. The number of aromatic nitrogens is 4. The second-order valence-corrected chi connectivity index (χ2v) is 9.28. The largest absolute Gasteiger partial charge is 0.463 e. The van der Waals surface area contributed by atoms with Gasteiger partial charge in [-0.1, -0.05) is 29.5 Å². The minimum atomic E-state index is -1.33. The van der Waals surface area contributed by atoms with Crippen molar-refractivity contribution in [1.82, 2.24) is 20.0 Å². The molecular formula is C27H30N4O10. The second kappa shape index (κ2) is 13.3. The Balaban J connectivity index is 1.51. The van der Waals surface area contributed by atoms with Crippen LogP contribution in [0.5, 0.6) is 0 Å². The zero-order valence-electron chi connectivity index (χ0n) is 22.9. The van der Waals surface area contributed by atoms with Gasteiger partial charge in [0, 0.05) is 33.1 Å². The zero-order chi connectivity index (χ0) is 29.5. The number of nitrogens with zero attached hydrogens (tertiary/aromatic N) is 4. The van der Waals surface area contributed by atoms with Gasteiger partial charge in [-0.2, -0.15) is 0 Å². The van der Waals surface area contributed by atoms with Crippen LogP contribution in [0.3, 0.4) is 0 Å². The maximum Gasteiger partial charge on any atom is 0.303 e. The van der Waals surface area contributed by atoms with Crippen molar-refractivity contribution in [3.05, 3.63) is 54.0 Å². The number of carbonyl (C=O) groups is 4. The Morgan fingerprint density at radius 1 is 0.829 bits per heavy atom. The Hall–Kier alpha value is -4.43. The van der Waals surface area contributed by atoms with Gasteiger partial charge in [-0.3, -0.25) is 24.2 Å². The molecule has 0 aliphatic carbocycles. The molecule has 3 heterocycles. The third kappa shape index (κ3) is 8.05. The highest BCUT2D eigenvalue weighted by Gasteiger charge is 2.52. The van der Waals surface area contributed by atoms with Gasteiger partial charge < -0.3 is 28.4 Å². The van der Waals surface area contributed by atoms with E-state index in [9.17, 15) is 19.2 Å². The van der Waals surface area contributed by atoms with Crippen LogP contribution < -0.4 is 0 Å².